The molecule has 0 fully saturated rings. The number of benzene rings is 1. The molecule has 1 rings (SSSR count). The van der Waals surface area contributed by atoms with Gasteiger partial charge in [0.1, 0.15) is 7.85 Å². The van der Waals surface area contributed by atoms with E-state index >= 15 is 0 Å². The Balaban J connectivity index is 3.17. The van der Waals surface area contributed by atoms with Crippen LogP contribution in [0.25, 0.3) is 0 Å². The lowest BCUT2D eigenvalue weighted by molar-refractivity contribution is 1.78. The standard InChI is InChI=1S/C6H5B/c7-6-4-2-1-3-5-6/h1-5H/i1D,2D. The van der Waals surface area contributed by atoms with Gasteiger partial charge < -0.3 is 0 Å². The van der Waals surface area contributed by atoms with E-state index in [0.29, 0.717) is 5.46 Å². The molecule has 0 aromatic heterocycles. The van der Waals surface area contributed by atoms with Crippen molar-refractivity contribution in [3.63, 3.8) is 0 Å². The lowest BCUT2D eigenvalue weighted by atomic mass is 9.97. The summed E-state index contributed by atoms with van der Waals surface area (Å²) >= 11 is 0. The van der Waals surface area contributed by atoms with Gasteiger partial charge in [0.25, 0.3) is 0 Å². The SMILES string of the molecule is [2H]c1ccc([B])cc1[2H]. The van der Waals surface area contributed by atoms with Crippen molar-refractivity contribution in [3.8, 4) is 0 Å². The van der Waals surface area contributed by atoms with Gasteiger partial charge in [0, 0.05) is 0 Å². The molecule has 0 unspecified atom stereocenters. The highest BCUT2D eigenvalue weighted by molar-refractivity contribution is 6.32. The van der Waals surface area contributed by atoms with Crippen LogP contribution < -0.4 is 5.46 Å². The summed E-state index contributed by atoms with van der Waals surface area (Å²) in [5.41, 5.74) is 0.538. The number of rotatable bonds is 0. The van der Waals surface area contributed by atoms with Gasteiger partial charge in [-0.3, -0.25) is 0 Å². The van der Waals surface area contributed by atoms with E-state index in [1.807, 2.05) is 0 Å². The molecule has 1 aromatic carbocycles. The molecule has 1 aromatic rings. The summed E-state index contributed by atoms with van der Waals surface area (Å²) in [4.78, 5) is 0. The molecular weight excluding hydrogens is 82.9 g/mol. The minimum Gasteiger partial charge on any atom is -0.0967 e. The normalized spacial score (nSPS) is 12.6. The molecule has 0 atom stereocenters. The van der Waals surface area contributed by atoms with E-state index in [2.05, 4.69) is 0 Å². The molecule has 0 spiro atoms. The Morgan fingerprint density at radius 3 is 2.86 bits per heavy atom. The van der Waals surface area contributed by atoms with Gasteiger partial charge >= 0.3 is 0 Å². The molecule has 7 heavy (non-hydrogen) atoms. The Morgan fingerprint density at radius 1 is 1.43 bits per heavy atom. The van der Waals surface area contributed by atoms with E-state index in [9.17, 15) is 0 Å². The first-order valence-electron chi connectivity index (χ1n) is 3.03. The third kappa shape index (κ3) is 1.07. The fraction of sp³-hybridized carbons (Fsp3) is 0. The molecule has 0 nitrogen and oxygen atoms in total. The number of hydrogen-bond acceptors (Lipinski definition) is 0. The second-order valence-corrected chi connectivity index (χ2v) is 1.27. The Bertz CT molecular complexity index is 222. The Labute approximate surface area is 47.4 Å². The van der Waals surface area contributed by atoms with Gasteiger partial charge in [-0.2, -0.15) is 0 Å². The summed E-state index contributed by atoms with van der Waals surface area (Å²) in [6.07, 6.45) is 0. The van der Waals surface area contributed by atoms with Crippen molar-refractivity contribution in [2.75, 3.05) is 0 Å². The molecule has 0 amide bonds. The van der Waals surface area contributed by atoms with Crippen molar-refractivity contribution >= 4 is 13.3 Å². The van der Waals surface area contributed by atoms with Gasteiger partial charge in [-0.25, -0.2) is 0 Å². The fourth-order valence-corrected chi connectivity index (χ4v) is 0.359. The monoisotopic (exact) mass is 90.1 g/mol. The molecule has 0 saturated heterocycles. The second kappa shape index (κ2) is 1.83. The maximum atomic E-state index is 7.09. The summed E-state index contributed by atoms with van der Waals surface area (Å²) < 4.78 is 14.2. The second-order valence-electron chi connectivity index (χ2n) is 1.27. The van der Waals surface area contributed by atoms with Gasteiger partial charge in [-0.1, -0.05) is 35.7 Å². The maximum Gasteiger partial charge on any atom is 0.113 e. The predicted octanol–water partition coefficient (Wildman–Crippen LogP) is 0.480. The molecule has 0 aliphatic rings. The summed E-state index contributed by atoms with van der Waals surface area (Å²) in [6, 6.07) is 4.97. The van der Waals surface area contributed by atoms with Crippen LogP contribution in [0, 0.1) is 0 Å². The predicted molar refractivity (Wildman–Crippen MR) is 31.8 cm³/mol. The van der Waals surface area contributed by atoms with Crippen molar-refractivity contribution in [1.82, 2.24) is 0 Å². The van der Waals surface area contributed by atoms with Crippen LogP contribution in [0.1, 0.15) is 2.74 Å². The van der Waals surface area contributed by atoms with Crippen LogP contribution in [0.15, 0.2) is 30.3 Å². The zero-order valence-corrected chi connectivity index (χ0v) is 3.81. The Kier molecular flexibility index (Phi) is 0.668. The summed E-state index contributed by atoms with van der Waals surface area (Å²) in [6.45, 7) is 0. The molecular formula is C6H5B. The van der Waals surface area contributed by atoms with Gasteiger partial charge in [-0.15, -0.1) is 0 Å². The van der Waals surface area contributed by atoms with Crippen molar-refractivity contribution < 1.29 is 2.74 Å². The zero-order valence-electron chi connectivity index (χ0n) is 5.81. The van der Waals surface area contributed by atoms with E-state index in [1.54, 1.807) is 6.07 Å². The smallest absolute Gasteiger partial charge is 0.0967 e. The van der Waals surface area contributed by atoms with E-state index in [0.717, 1.165) is 0 Å². The minimum atomic E-state index is 0.176. The van der Waals surface area contributed by atoms with Crippen molar-refractivity contribution in [2.45, 2.75) is 0 Å². The first-order valence-corrected chi connectivity index (χ1v) is 2.03. The van der Waals surface area contributed by atoms with Gasteiger partial charge in [0.2, 0.25) is 0 Å². The Hall–Kier alpha value is -0.715. The molecule has 0 aliphatic carbocycles. The quantitative estimate of drug-likeness (QED) is 0.406. The van der Waals surface area contributed by atoms with Crippen LogP contribution in [0.3, 0.4) is 0 Å². The van der Waals surface area contributed by atoms with E-state index in [1.165, 1.54) is 12.1 Å². The fourth-order valence-electron chi connectivity index (χ4n) is 0.359. The van der Waals surface area contributed by atoms with Crippen LogP contribution in [0.5, 0.6) is 0 Å². The highest BCUT2D eigenvalue weighted by atomic mass is 13.7. The van der Waals surface area contributed by atoms with Crippen molar-refractivity contribution in [1.29, 1.82) is 0 Å². The van der Waals surface area contributed by atoms with Crippen LogP contribution in [-0.2, 0) is 0 Å². The molecule has 32 valence electrons. The first kappa shape index (κ1) is 2.56. The summed E-state index contributed by atoms with van der Waals surface area (Å²) in [7, 11) is 5.32. The van der Waals surface area contributed by atoms with Crippen LogP contribution in [0.2, 0.25) is 0 Å². The van der Waals surface area contributed by atoms with E-state index in [-0.39, 0.29) is 12.1 Å². The van der Waals surface area contributed by atoms with Crippen LogP contribution in [-0.4, -0.2) is 7.85 Å². The minimum absolute atomic E-state index is 0.176. The van der Waals surface area contributed by atoms with Crippen molar-refractivity contribution in [2.24, 2.45) is 0 Å². The Morgan fingerprint density at radius 2 is 2.29 bits per heavy atom. The van der Waals surface area contributed by atoms with Crippen LogP contribution >= 0.6 is 0 Å². The number of hydrogen-bond donors (Lipinski definition) is 0. The average Bonchev–Trinajstić information content (AvgIpc) is 1.80. The van der Waals surface area contributed by atoms with Crippen LogP contribution in [0.4, 0.5) is 0 Å². The van der Waals surface area contributed by atoms with Crippen molar-refractivity contribution in [3.05, 3.63) is 30.3 Å². The third-order valence-electron chi connectivity index (χ3n) is 0.681. The summed E-state index contributed by atoms with van der Waals surface area (Å²) in [5, 5.41) is 0. The van der Waals surface area contributed by atoms with Gasteiger partial charge in [-0.05, 0) is 0 Å². The lowest BCUT2D eigenvalue weighted by Gasteiger charge is -1.83. The van der Waals surface area contributed by atoms with E-state index in [4.69, 9.17) is 10.6 Å². The average molecular weight is 89.9 g/mol. The lowest BCUT2D eigenvalue weighted by Crippen LogP contribution is -1.97. The highest BCUT2D eigenvalue weighted by Gasteiger charge is 1.71. The van der Waals surface area contributed by atoms with Gasteiger partial charge in [0.05, 0.1) is 2.74 Å². The molecule has 0 heterocycles. The zero-order chi connectivity index (χ0) is 6.85. The van der Waals surface area contributed by atoms with E-state index < -0.39 is 0 Å². The molecule has 0 bridgehead atoms. The molecule has 1 heteroatoms. The third-order valence-corrected chi connectivity index (χ3v) is 0.681. The molecule has 0 N–H and O–H groups in total. The van der Waals surface area contributed by atoms with Gasteiger partial charge in [0.15, 0.2) is 0 Å². The molecule has 0 saturated carbocycles. The first-order chi connectivity index (χ1) is 4.20. The topological polar surface area (TPSA) is 0 Å². The maximum absolute atomic E-state index is 7.09. The highest BCUT2D eigenvalue weighted by Crippen LogP contribution is 1.76. The molecule has 2 radical (unpaired) electrons. The molecule has 0 aliphatic heterocycles. The largest absolute Gasteiger partial charge is 0.113 e. The summed E-state index contributed by atoms with van der Waals surface area (Å²) in [5.74, 6) is 0.